The fourth-order valence-corrected chi connectivity index (χ4v) is 1.54. The summed E-state index contributed by atoms with van der Waals surface area (Å²) in [5.74, 6) is 0. The average Bonchev–Trinajstić information content (AvgIpc) is 2.64. The topological polar surface area (TPSA) is 39.1 Å². The van der Waals surface area contributed by atoms with Crippen LogP contribution in [0, 0.1) is 0 Å². The number of alkyl halides is 3. The van der Waals surface area contributed by atoms with Crippen LogP contribution in [-0.2, 0) is 24.5 Å². The van der Waals surface area contributed by atoms with E-state index in [9.17, 15) is 13.2 Å². The molecule has 1 N–H and O–H groups in total. The average molecular weight is 279 g/mol. The maximum absolute atomic E-state index is 12.4. The molecule has 19 heavy (non-hydrogen) atoms. The van der Waals surface area contributed by atoms with Gasteiger partial charge in [-0.2, -0.15) is 18.3 Å². The van der Waals surface area contributed by atoms with Crippen LogP contribution in [0.2, 0.25) is 0 Å². The van der Waals surface area contributed by atoms with E-state index in [1.54, 1.807) is 0 Å². The quantitative estimate of drug-likeness (QED) is 0.779. The van der Waals surface area contributed by atoms with E-state index in [2.05, 4.69) is 10.4 Å². The van der Waals surface area contributed by atoms with E-state index in [0.29, 0.717) is 25.4 Å². The molecule has 0 saturated carbocycles. The minimum absolute atomic E-state index is 0.200. The van der Waals surface area contributed by atoms with E-state index >= 15 is 0 Å². The largest absolute Gasteiger partial charge is 0.435 e. The lowest BCUT2D eigenvalue weighted by Crippen LogP contribution is -2.18. The first-order valence-electron chi connectivity index (χ1n) is 6.23. The number of hydrogen-bond donors (Lipinski definition) is 1. The highest BCUT2D eigenvalue weighted by molar-refractivity contribution is 5.12. The summed E-state index contributed by atoms with van der Waals surface area (Å²) in [6.07, 6.45) is -3.37. The Morgan fingerprint density at radius 1 is 1.42 bits per heavy atom. The first-order valence-corrected chi connectivity index (χ1v) is 6.23. The molecule has 0 radical (unpaired) electrons. The zero-order valence-corrected chi connectivity index (χ0v) is 11.4. The molecule has 4 nitrogen and oxygen atoms in total. The van der Waals surface area contributed by atoms with Crippen LogP contribution in [0.1, 0.15) is 31.7 Å². The Bertz CT molecular complexity index is 388. The van der Waals surface area contributed by atoms with Crippen LogP contribution in [0.15, 0.2) is 6.07 Å². The van der Waals surface area contributed by atoms with E-state index in [0.717, 1.165) is 12.5 Å². The predicted octanol–water partition coefficient (Wildman–Crippen LogP) is 2.34. The zero-order valence-electron chi connectivity index (χ0n) is 11.4. The van der Waals surface area contributed by atoms with E-state index in [-0.39, 0.29) is 6.10 Å². The summed E-state index contributed by atoms with van der Waals surface area (Å²) in [5.41, 5.74) is -0.341. The molecule has 0 bridgehead atoms. The van der Waals surface area contributed by atoms with Gasteiger partial charge in [-0.3, -0.25) is 4.68 Å². The summed E-state index contributed by atoms with van der Waals surface area (Å²) in [5, 5.41) is 6.52. The van der Waals surface area contributed by atoms with Gasteiger partial charge >= 0.3 is 6.18 Å². The first-order chi connectivity index (χ1) is 8.80. The summed E-state index contributed by atoms with van der Waals surface area (Å²) in [6, 6.07) is 1.07. The lowest BCUT2D eigenvalue weighted by atomic mass is 10.3. The number of aryl methyl sites for hydroxylation is 1. The summed E-state index contributed by atoms with van der Waals surface area (Å²) in [7, 11) is 1.51. The molecule has 1 heterocycles. The van der Waals surface area contributed by atoms with Gasteiger partial charge in [0.25, 0.3) is 0 Å². The van der Waals surface area contributed by atoms with E-state index in [4.69, 9.17) is 4.74 Å². The molecule has 7 heteroatoms. The van der Waals surface area contributed by atoms with Gasteiger partial charge < -0.3 is 10.1 Å². The van der Waals surface area contributed by atoms with E-state index in [1.165, 1.54) is 11.7 Å². The zero-order chi connectivity index (χ0) is 14.5. The first kappa shape index (κ1) is 16.0. The molecule has 0 aliphatic rings. The van der Waals surface area contributed by atoms with Gasteiger partial charge in [0.1, 0.15) is 0 Å². The van der Waals surface area contributed by atoms with Gasteiger partial charge in [-0.25, -0.2) is 0 Å². The van der Waals surface area contributed by atoms with Gasteiger partial charge in [-0.1, -0.05) is 0 Å². The Hall–Kier alpha value is -1.08. The lowest BCUT2D eigenvalue weighted by molar-refractivity contribution is -0.141. The van der Waals surface area contributed by atoms with Crippen LogP contribution in [0.25, 0.3) is 0 Å². The van der Waals surface area contributed by atoms with Gasteiger partial charge in [0.05, 0.1) is 11.8 Å². The second-order valence-electron chi connectivity index (χ2n) is 4.59. The molecular weight excluding hydrogens is 259 g/mol. The number of nitrogens with zero attached hydrogens (tertiary/aromatic N) is 2. The third-order valence-electron chi connectivity index (χ3n) is 2.52. The minimum Gasteiger partial charge on any atom is -0.379 e. The Labute approximate surface area is 110 Å². The predicted molar refractivity (Wildman–Crippen MR) is 65.6 cm³/mol. The molecule has 0 atom stereocenters. The third-order valence-corrected chi connectivity index (χ3v) is 2.52. The van der Waals surface area contributed by atoms with Gasteiger partial charge in [-0.15, -0.1) is 0 Å². The van der Waals surface area contributed by atoms with Crippen LogP contribution in [-0.4, -0.2) is 29.0 Å². The maximum atomic E-state index is 12.4. The molecule has 1 aromatic heterocycles. The molecule has 0 aliphatic carbocycles. The second kappa shape index (κ2) is 6.91. The SMILES string of the molecule is CC(C)OCCCNCc1cc(C(F)(F)F)nn1C. The fraction of sp³-hybridized carbons (Fsp3) is 0.750. The van der Waals surface area contributed by atoms with Gasteiger partial charge in [0.15, 0.2) is 5.69 Å². The summed E-state index contributed by atoms with van der Waals surface area (Å²) >= 11 is 0. The van der Waals surface area contributed by atoms with Gasteiger partial charge in [-0.05, 0) is 32.9 Å². The molecule has 0 aliphatic heterocycles. The minimum atomic E-state index is -4.39. The molecule has 0 amide bonds. The Morgan fingerprint density at radius 3 is 2.63 bits per heavy atom. The third kappa shape index (κ3) is 5.61. The van der Waals surface area contributed by atoms with Crippen molar-refractivity contribution in [2.75, 3.05) is 13.2 Å². The lowest BCUT2D eigenvalue weighted by Gasteiger charge is -2.08. The highest BCUT2D eigenvalue weighted by Gasteiger charge is 2.34. The number of ether oxygens (including phenoxy) is 1. The van der Waals surface area contributed by atoms with Gasteiger partial charge in [0.2, 0.25) is 0 Å². The highest BCUT2D eigenvalue weighted by Crippen LogP contribution is 2.28. The number of rotatable bonds is 7. The molecule has 0 unspecified atom stereocenters. The number of hydrogen-bond acceptors (Lipinski definition) is 3. The van der Waals surface area contributed by atoms with Crippen LogP contribution in [0.4, 0.5) is 13.2 Å². The number of halogens is 3. The summed E-state index contributed by atoms with van der Waals surface area (Å²) in [6.45, 7) is 5.62. The smallest absolute Gasteiger partial charge is 0.379 e. The van der Waals surface area contributed by atoms with E-state index in [1.807, 2.05) is 13.8 Å². The fourth-order valence-electron chi connectivity index (χ4n) is 1.54. The van der Waals surface area contributed by atoms with Crippen molar-refractivity contribution in [1.82, 2.24) is 15.1 Å². The van der Waals surface area contributed by atoms with Crippen molar-refractivity contribution in [2.45, 2.75) is 39.1 Å². The van der Waals surface area contributed by atoms with Crippen molar-refractivity contribution in [3.05, 3.63) is 17.5 Å². The molecular formula is C12H20F3N3O. The monoisotopic (exact) mass is 279 g/mol. The standard InChI is InChI=1S/C12H20F3N3O/c1-9(2)19-6-4-5-16-8-10-7-11(12(13,14)15)17-18(10)3/h7,9,16H,4-6,8H2,1-3H3. The van der Waals surface area contributed by atoms with Crippen LogP contribution >= 0.6 is 0 Å². The molecule has 110 valence electrons. The van der Waals surface area contributed by atoms with Crippen molar-refractivity contribution >= 4 is 0 Å². The van der Waals surface area contributed by atoms with Crippen LogP contribution < -0.4 is 5.32 Å². The van der Waals surface area contributed by atoms with Crippen LogP contribution in [0.3, 0.4) is 0 Å². The number of aromatic nitrogens is 2. The summed E-state index contributed by atoms with van der Waals surface area (Å²) < 4.78 is 43.9. The number of nitrogens with one attached hydrogen (secondary N) is 1. The molecule has 0 spiro atoms. The maximum Gasteiger partial charge on any atom is 0.435 e. The molecule has 0 fully saturated rings. The van der Waals surface area contributed by atoms with Crippen molar-refractivity contribution in [2.24, 2.45) is 7.05 Å². The van der Waals surface area contributed by atoms with Crippen molar-refractivity contribution in [3.8, 4) is 0 Å². The molecule has 0 aromatic carbocycles. The van der Waals surface area contributed by atoms with Crippen molar-refractivity contribution in [1.29, 1.82) is 0 Å². The van der Waals surface area contributed by atoms with Crippen molar-refractivity contribution < 1.29 is 17.9 Å². The molecule has 1 aromatic rings. The highest BCUT2D eigenvalue weighted by atomic mass is 19.4. The van der Waals surface area contributed by atoms with Gasteiger partial charge in [0, 0.05) is 20.2 Å². The Kier molecular flexibility index (Phi) is 5.81. The summed E-state index contributed by atoms with van der Waals surface area (Å²) in [4.78, 5) is 0. The van der Waals surface area contributed by atoms with Crippen molar-refractivity contribution in [3.63, 3.8) is 0 Å². The Morgan fingerprint density at radius 2 is 2.11 bits per heavy atom. The molecule has 0 saturated heterocycles. The normalized spacial score (nSPS) is 12.4. The van der Waals surface area contributed by atoms with Crippen LogP contribution in [0.5, 0.6) is 0 Å². The second-order valence-corrected chi connectivity index (χ2v) is 4.59. The Balaban J connectivity index is 2.32. The van der Waals surface area contributed by atoms with E-state index < -0.39 is 11.9 Å². The molecule has 1 rings (SSSR count).